The molecule has 0 aliphatic heterocycles. The standard InChI is InChI=1S/C13H13N7O/c1-2-21-10-6-9(7-15-8-10)11-17-12(14)19-13(18-11)20-5-3-4-16-20/h3-8H,2H2,1H3,(H2,14,17,18,19). The SMILES string of the molecule is CCOc1cncc(-c2nc(N)nc(-n3cccn3)n2)c1. The van der Waals surface area contributed by atoms with Gasteiger partial charge in [0.05, 0.1) is 12.8 Å². The molecule has 0 bridgehead atoms. The first-order valence-corrected chi connectivity index (χ1v) is 6.36. The van der Waals surface area contributed by atoms with E-state index >= 15 is 0 Å². The molecule has 3 rings (SSSR count). The Bertz CT molecular complexity index is 742. The first-order chi connectivity index (χ1) is 10.3. The van der Waals surface area contributed by atoms with Crippen LogP contribution in [0.1, 0.15) is 6.92 Å². The molecule has 0 aliphatic rings. The van der Waals surface area contributed by atoms with Gasteiger partial charge in [-0.1, -0.05) is 0 Å². The molecule has 0 saturated heterocycles. The minimum atomic E-state index is 0.118. The molecule has 0 fully saturated rings. The van der Waals surface area contributed by atoms with E-state index in [4.69, 9.17) is 10.5 Å². The molecular formula is C13H13N7O. The van der Waals surface area contributed by atoms with Gasteiger partial charge < -0.3 is 10.5 Å². The van der Waals surface area contributed by atoms with Crippen LogP contribution >= 0.6 is 0 Å². The van der Waals surface area contributed by atoms with Crippen LogP contribution in [0.5, 0.6) is 5.75 Å². The van der Waals surface area contributed by atoms with E-state index in [-0.39, 0.29) is 5.95 Å². The summed E-state index contributed by atoms with van der Waals surface area (Å²) in [6, 6.07) is 3.58. The Balaban J connectivity index is 2.04. The van der Waals surface area contributed by atoms with Crippen LogP contribution in [0.2, 0.25) is 0 Å². The lowest BCUT2D eigenvalue weighted by molar-refractivity contribution is 0.339. The van der Waals surface area contributed by atoms with Crippen LogP contribution in [0.3, 0.4) is 0 Å². The smallest absolute Gasteiger partial charge is 0.255 e. The van der Waals surface area contributed by atoms with Crippen molar-refractivity contribution in [1.29, 1.82) is 0 Å². The maximum absolute atomic E-state index is 5.74. The lowest BCUT2D eigenvalue weighted by Crippen LogP contribution is -2.08. The molecule has 0 unspecified atom stereocenters. The highest BCUT2D eigenvalue weighted by Gasteiger charge is 2.10. The Morgan fingerprint density at radius 2 is 2.14 bits per heavy atom. The summed E-state index contributed by atoms with van der Waals surface area (Å²) in [6.45, 7) is 2.46. The third-order valence-corrected chi connectivity index (χ3v) is 2.63. The van der Waals surface area contributed by atoms with Crippen LogP contribution < -0.4 is 10.5 Å². The van der Waals surface area contributed by atoms with E-state index in [0.717, 1.165) is 0 Å². The minimum Gasteiger partial charge on any atom is -0.492 e. The van der Waals surface area contributed by atoms with Crippen molar-refractivity contribution in [2.24, 2.45) is 0 Å². The number of hydrogen-bond donors (Lipinski definition) is 1. The summed E-state index contributed by atoms with van der Waals surface area (Å²) in [4.78, 5) is 16.7. The van der Waals surface area contributed by atoms with E-state index in [0.29, 0.717) is 29.7 Å². The summed E-state index contributed by atoms with van der Waals surface area (Å²) in [6.07, 6.45) is 6.64. The molecule has 2 N–H and O–H groups in total. The Kier molecular flexibility index (Phi) is 3.42. The van der Waals surface area contributed by atoms with E-state index in [1.807, 2.05) is 6.92 Å². The van der Waals surface area contributed by atoms with Crippen LogP contribution in [-0.4, -0.2) is 36.3 Å². The van der Waals surface area contributed by atoms with Crippen molar-refractivity contribution in [3.05, 3.63) is 36.9 Å². The van der Waals surface area contributed by atoms with Gasteiger partial charge in [-0.2, -0.15) is 20.1 Å². The maximum Gasteiger partial charge on any atom is 0.255 e. The van der Waals surface area contributed by atoms with E-state index < -0.39 is 0 Å². The highest BCUT2D eigenvalue weighted by atomic mass is 16.5. The van der Waals surface area contributed by atoms with Crippen molar-refractivity contribution in [2.45, 2.75) is 6.92 Å². The molecule has 0 spiro atoms. The number of anilines is 1. The second kappa shape index (κ2) is 5.53. The quantitative estimate of drug-likeness (QED) is 0.764. The highest BCUT2D eigenvalue weighted by molar-refractivity contribution is 5.57. The molecule has 3 aromatic heterocycles. The normalized spacial score (nSPS) is 10.5. The van der Waals surface area contributed by atoms with Gasteiger partial charge in [0, 0.05) is 24.2 Å². The van der Waals surface area contributed by atoms with Gasteiger partial charge in [-0.05, 0) is 19.1 Å². The van der Waals surface area contributed by atoms with Crippen LogP contribution in [-0.2, 0) is 0 Å². The van der Waals surface area contributed by atoms with Gasteiger partial charge in [-0.25, -0.2) is 4.68 Å². The lowest BCUT2D eigenvalue weighted by atomic mass is 10.2. The van der Waals surface area contributed by atoms with Crippen molar-refractivity contribution >= 4 is 5.95 Å². The number of nitrogens with zero attached hydrogens (tertiary/aromatic N) is 6. The van der Waals surface area contributed by atoms with E-state index in [9.17, 15) is 0 Å². The molecule has 21 heavy (non-hydrogen) atoms. The third-order valence-electron chi connectivity index (χ3n) is 2.63. The maximum atomic E-state index is 5.74. The second-order valence-corrected chi connectivity index (χ2v) is 4.11. The zero-order valence-corrected chi connectivity index (χ0v) is 11.3. The predicted molar refractivity (Wildman–Crippen MR) is 75.8 cm³/mol. The molecule has 0 amide bonds. The molecule has 8 heteroatoms. The van der Waals surface area contributed by atoms with Gasteiger partial charge in [0.1, 0.15) is 5.75 Å². The fourth-order valence-corrected chi connectivity index (χ4v) is 1.79. The Labute approximate surface area is 120 Å². The topological polar surface area (TPSA) is 105 Å². The number of ether oxygens (including phenoxy) is 1. The first kappa shape index (κ1) is 13.0. The second-order valence-electron chi connectivity index (χ2n) is 4.11. The van der Waals surface area contributed by atoms with Crippen molar-refractivity contribution < 1.29 is 4.74 Å². The molecule has 0 aromatic carbocycles. The minimum absolute atomic E-state index is 0.118. The molecule has 0 radical (unpaired) electrons. The van der Waals surface area contributed by atoms with E-state index in [1.54, 1.807) is 36.9 Å². The number of aromatic nitrogens is 6. The summed E-state index contributed by atoms with van der Waals surface area (Å²) < 4.78 is 6.93. The van der Waals surface area contributed by atoms with Gasteiger partial charge >= 0.3 is 0 Å². The molecule has 0 atom stereocenters. The summed E-state index contributed by atoms with van der Waals surface area (Å²) in [5, 5.41) is 4.08. The molecule has 3 heterocycles. The first-order valence-electron chi connectivity index (χ1n) is 6.36. The summed E-state index contributed by atoms with van der Waals surface area (Å²) in [5.74, 6) is 1.54. The Morgan fingerprint density at radius 3 is 2.90 bits per heavy atom. The van der Waals surface area contributed by atoms with Crippen LogP contribution in [0.25, 0.3) is 17.3 Å². The number of nitrogens with two attached hydrogens (primary N) is 1. The fourth-order valence-electron chi connectivity index (χ4n) is 1.79. The average Bonchev–Trinajstić information content (AvgIpc) is 3.01. The van der Waals surface area contributed by atoms with E-state index in [1.165, 1.54) is 4.68 Å². The van der Waals surface area contributed by atoms with Crippen molar-refractivity contribution in [3.63, 3.8) is 0 Å². The van der Waals surface area contributed by atoms with Gasteiger partial charge in [0.2, 0.25) is 5.95 Å². The van der Waals surface area contributed by atoms with Gasteiger partial charge in [0.25, 0.3) is 5.95 Å². The number of nitrogen functional groups attached to an aromatic ring is 1. The molecule has 106 valence electrons. The Morgan fingerprint density at radius 1 is 1.24 bits per heavy atom. The third kappa shape index (κ3) is 2.78. The summed E-state index contributed by atoms with van der Waals surface area (Å²) in [7, 11) is 0. The van der Waals surface area contributed by atoms with Crippen LogP contribution in [0.4, 0.5) is 5.95 Å². The largest absolute Gasteiger partial charge is 0.492 e. The summed E-state index contributed by atoms with van der Waals surface area (Å²) >= 11 is 0. The van der Waals surface area contributed by atoms with Gasteiger partial charge in [0.15, 0.2) is 5.82 Å². The lowest BCUT2D eigenvalue weighted by Gasteiger charge is -2.06. The fraction of sp³-hybridized carbons (Fsp3) is 0.154. The van der Waals surface area contributed by atoms with Crippen molar-refractivity contribution in [2.75, 3.05) is 12.3 Å². The van der Waals surface area contributed by atoms with Crippen molar-refractivity contribution in [1.82, 2.24) is 29.7 Å². The Hall–Kier alpha value is -3.03. The van der Waals surface area contributed by atoms with Crippen LogP contribution in [0.15, 0.2) is 36.9 Å². The monoisotopic (exact) mass is 283 g/mol. The van der Waals surface area contributed by atoms with Crippen LogP contribution in [0, 0.1) is 0 Å². The number of hydrogen-bond acceptors (Lipinski definition) is 7. The predicted octanol–water partition coefficient (Wildman–Crippen LogP) is 1.10. The molecule has 0 saturated carbocycles. The molecule has 0 aliphatic carbocycles. The molecule has 3 aromatic rings. The summed E-state index contributed by atoms with van der Waals surface area (Å²) in [5.41, 5.74) is 6.44. The number of rotatable bonds is 4. The van der Waals surface area contributed by atoms with Gasteiger partial charge in [-0.3, -0.25) is 4.98 Å². The molecule has 8 nitrogen and oxygen atoms in total. The van der Waals surface area contributed by atoms with E-state index in [2.05, 4.69) is 25.0 Å². The highest BCUT2D eigenvalue weighted by Crippen LogP contribution is 2.20. The average molecular weight is 283 g/mol. The van der Waals surface area contributed by atoms with Crippen molar-refractivity contribution in [3.8, 4) is 23.1 Å². The molecular weight excluding hydrogens is 270 g/mol. The number of pyridine rings is 1. The van der Waals surface area contributed by atoms with Gasteiger partial charge in [-0.15, -0.1) is 0 Å². The zero-order valence-electron chi connectivity index (χ0n) is 11.3. The zero-order chi connectivity index (χ0) is 14.7.